The number of carbonyl (C=O) groups excluding carboxylic acids is 6. The largest absolute Gasteiger partial charge is 0.480 e. The zero-order valence-corrected chi connectivity index (χ0v) is 39.9. The molecule has 0 aromatic rings. The standard InChI is InChI=1S/C44H68N4O22/c1-29(49)68-26-44(27-69-30(2)50,28-70-31(3)51)42(64)67-23-32-5-9-43(10-6-32)11-7-33(8-12-43)41(63)45-13-4-16-65-25-40(62)66-24-34(48(21-38(58)59)22-39(60)61)17-46(18-35(52)53)14-15-47(19-36(54)55)20-37(56)57/h32-34H,4-28H2,1-3H3,(H,45,63)(H,52,53)(H,54,55)(H,56,57)(H,58,59)(H,60,61). The maximum atomic E-state index is 13.4. The number of hydrogen-bond donors (Lipinski definition) is 6. The van der Waals surface area contributed by atoms with Crippen LogP contribution in [0.25, 0.3) is 0 Å². The zero-order chi connectivity index (χ0) is 52.4. The fraction of sp³-hybridized carbons (Fsp3) is 0.750. The predicted molar refractivity (Wildman–Crippen MR) is 235 cm³/mol. The minimum Gasteiger partial charge on any atom is -0.480 e. The van der Waals surface area contributed by atoms with Crippen molar-refractivity contribution in [3.8, 4) is 0 Å². The number of aliphatic carboxylic acids is 5. The number of ether oxygens (including phenoxy) is 6. The van der Waals surface area contributed by atoms with Crippen molar-refractivity contribution in [2.45, 2.75) is 84.6 Å². The van der Waals surface area contributed by atoms with Crippen LogP contribution >= 0.6 is 0 Å². The third-order valence-corrected chi connectivity index (χ3v) is 12.0. The lowest BCUT2D eigenvalue weighted by atomic mass is 9.61. The van der Waals surface area contributed by atoms with Crippen LogP contribution < -0.4 is 5.32 Å². The average molecular weight is 1010 g/mol. The van der Waals surface area contributed by atoms with Crippen molar-refractivity contribution in [2.75, 3.05) is 105 Å². The summed E-state index contributed by atoms with van der Waals surface area (Å²) in [6.45, 7) is -3.53. The van der Waals surface area contributed by atoms with E-state index in [1.165, 1.54) is 4.90 Å². The highest BCUT2D eigenvalue weighted by Gasteiger charge is 2.46. The van der Waals surface area contributed by atoms with Gasteiger partial charge in [0.2, 0.25) is 5.91 Å². The lowest BCUT2D eigenvalue weighted by molar-refractivity contribution is -0.179. The second-order valence-corrected chi connectivity index (χ2v) is 17.8. The Morgan fingerprint density at radius 2 is 1.07 bits per heavy atom. The van der Waals surface area contributed by atoms with Gasteiger partial charge in [-0.1, -0.05) is 0 Å². The first-order valence-corrected chi connectivity index (χ1v) is 22.8. The van der Waals surface area contributed by atoms with E-state index in [2.05, 4.69) is 5.32 Å². The van der Waals surface area contributed by atoms with Gasteiger partial charge >= 0.3 is 59.7 Å². The Labute approximate surface area is 404 Å². The molecular weight excluding hydrogens is 936 g/mol. The van der Waals surface area contributed by atoms with E-state index in [0.717, 1.165) is 69.1 Å². The van der Waals surface area contributed by atoms with E-state index in [-0.39, 0.29) is 62.6 Å². The molecule has 0 bridgehead atoms. The van der Waals surface area contributed by atoms with E-state index in [1.807, 2.05) is 0 Å². The smallest absolute Gasteiger partial charge is 0.332 e. The Morgan fingerprint density at radius 1 is 0.614 bits per heavy atom. The Balaban J connectivity index is 1.84. The molecule has 1 unspecified atom stereocenters. The van der Waals surface area contributed by atoms with Crippen LogP contribution in [0.2, 0.25) is 0 Å². The number of esters is 5. The van der Waals surface area contributed by atoms with Crippen molar-refractivity contribution >= 4 is 65.6 Å². The maximum Gasteiger partial charge on any atom is 0.332 e. The van der Waals surface area contributed by atoms with Gasteiger partial charge in [0.1, 0.15) is 33.0 Å². The van der Waals surface area contributed by atoms with Crippen LogP contribution in [0.3, 0.4) is 0 Å². The fourth-order valence-electron chi connectivity index (χ4n) is 8.27. The summed E-state index contributed by atoms with van der Waals surface area (Å²) in [6.07, 6.45) is 6.60. The van der Waals surface area contributed by atoms with Crippen LogP contribution in [-0.2, 0) is 81.2 Å². The number of carbonyl (C=O) groups is 11. The van der Waals surface area contributed by atoms with Crippen LogP contribution in [0.4, 0.5) is 0 Å². The molecule has 0 aromatic heterocycles. The number of carboxylic acids is 5. The molecule has 0 heterocycles. The molecule has 2 aliphatic rings. The number of carboxylic acid groups (broad SMARTS) is 5. The molecule has 0 radical (unpaired) electrons. The molecule has 1 amide bonds. The molecule has 70 heavy (non-hydrogen) atoms. The maximum absolute atomic E-state index is 13.4. The summed E-state index contributed by atoms with van der Waals surface area (Å²) in [4.78, 5) is 134. The molecule has 2 rings (SSSR count). The van der Waals surface area contributed by atoms with Crippen molar-refractivity contribution in [3.05, 3.63) is 0 Å². The predicted octanol–water partition coefficient (Wildman–Crippen LogP) is -0.664. The highest BCUT2D eigenvalue weighted by Crippen LogP contribution is 2.50. The first kappa shape index (κ1) is 60.1. The van der Waals surface area contributed by atoms with Gasteiger partial charge in [0.15, 0.2) is 5.41 Å². The molecule has 1 spiro atoms. The summed E-state index contributed by atoms with van der Waals surface area (Å²) >= 11 is 0. The minimum atomic E-state index is -1.75. The molecule has 6 N–H and O–H groups in total. The van der Waals surface area contributed by atoms with Crippen molar-refractivity contribution < 1.29 is 107 Å². The van der Waals surface area contributed by atoms with Gasteiger partial charge in [0.25, 0.3) is 0 Å². The Kier molecular flexibility index (Phi) is 26.3. The molecule has 2 fully saturated rings. The highest BCUT2D eigenvalue weighted by atomic mass is 16.6. The fourth-order valence-corrected chi connectivity index (χ4v) is 8.27. The second kappa shape index (κ2) is 30.6. The average Bonchev–Trinajstić information content (AvgIpc) is 3.26. The van der Waals surface area contributed by atoms with Crippen molar-refractivity contribution in [3.63, 3.8) is 0 Å². The van der Waals surface area contributed by atoms with Gasteiger partial charge in [-0.3, -0.25) is 62.6 Å². The van der Waals surface area contributed by atoms with E-state index in [1.54, 1.807) is 0 Å². The van der Waals surface area contributed by atoms with Crippen LogP contribution in [0.15, 0.2) is 0 Å². The highest BCUT2D eigenvalue weighted by molar-refractivity contribution is 5.80. The van der Waals surface area contributed by atoms with Gasteiger partial charge in [-0.05, 0) is 69.1 Å². The summed E-state index contributed by atoms with van der Waals surface area (Å²) in [5, 5.41) is 49.6. The summed E-state index contributed by atoms with van der Waals surface area (Å²) < 4.78 is 31.6. The van der Waals surface area contributed by atoms with Gasteiger partial charge in [0, 0.05) is 59.5 Å². The van der Waals surface area contributed by atoms with E-state index in [4.69, 9.17) is 38.6 Å². The summed E-state index contributed by atoms with van der Waals surface area (Å²) in [5.74, 6) is -11.0. The second-order valence-electron chi connectivity index (χ2n) is 17.8. The number of amides is 1. The molecule has 1 atom stereocenters. The van der Waals surface area contributed by atoms with Crippen LogP contribution in [0, 0.1) is 22.7 Å². The topological polar surface area (TPSA) is 366 Å². The lowest BCUT2D eigenvalue weighted by Gasteiger charge is -2.44. The van der Waals surface area contributed by atoms with Crippen molar-refractivity contribution in [2.24, 2.45) is 22.7 Å². The molecule has 2 aliphatic carbocycles. The lowest BCUT2D eigenvalue weighted by Crippen LogP contribution is -2.52. The van der Waals surface area contributed by atoms with Gasteiger partial charge in [0.05, 0.1) is 45.4 Å². The summed E-state index contributed by atoms with van der Waals surface area (Å²) in [5.41, 5.74) is -1.71. The van der Waals surface area contributed by atoms with Crippen LogP contribution in [0.5, 0.6) is 0 Å². The normalized spacial score (nSPS) is 18.4. The zero-order valence-electron chi connectivity index (χ0n) is 39.9. The molecule has 2 saturated carbocycles. The first-order chi connectivity index (χ1) is 32.9. The Hall–Kier alpha value is -5.99. The molecular formula is C44H68N4O22. The van der Waals surface area contributed by atoms with Gasteiger partial charge in [-0.15, -0.1) is 0 Å². The van der Waals surface area contributed by atoms with Gasteiger partial charge < -0.3 is 59.3 Å². The molecule has 0 saturated heterocycles. The van der Waals surface area contributed by atoms with E-state index in [0.29, 0.717) is 19.3 Å². The summed E-state index contributed by atoms with van der Waals surface area (Å²) in [6, 6.07) is -1.20. The van der Waals surface area contributed by atoms with Gasteiger partial charge in [-0.2, -0.15) is 0 Å². The van der Waals surface area contributed by atoms with E-state index in [9.17, 15) is 68.1 Å². The van der Waals surface area contributed by atoms with Crippen molar-refractivity contribution in [1.82, 2.24) is 20.0 Å². The quantitative estimate of drug-likeness (QED) is 0.0265. The van der Waals surface area contributed by atoms with Crippen molar-refractivity contribution in [1.29, 1.82) is 0 Å². The van der Waals surface area contributed by atoms with Crippen LogP contribution in [-0.4, -0.2) is 217 Å². The number of rotatable bonds is 34. The van der Waals surface area contributed by atoms with E-state index >= 15 is 0 Å². The number of nitrogens with zero attached hydrogens (tertiary/aromatic N) is 3. The molecule has 396 valence electrons. The van der Waals surface area contributed by atoms with E-state index < -0.39 is 137 Å². The van der Waals surface area contributed by atoms with Gasteiger partial charge in [-0.25, -0.2) is 4.79 Å². The third kappa shape index (κ3) is 24.0. The summed E-state index contributed by atoms with van der Waals surface area (Å²) in [7, 11) is 0. The molecule has 0 aromatic carbocycles. The SMILES string of the molecule is CC(=O)OCC(COC(C)=O)(COC(C)=O)C(=O)OCC1CCC2(CC1)CCC(C(=O)NCCCOCC(=O)OCC(CN(CCN(CC(=O)O)CC(=O)O)CC(=O)O)N(CC(=O)O)CC(=O)O)CC2. The monoisotopic (exact) mass is 1000 g/mol. The molecule has 26 nitrogen and oxygen atoms in total. The first-order valence-electron chi connectivity index (χ1n) is 22.8. The van der Waals surface area contributed by atoms with Crippen LogP contribution in [0.1, 0.15) is 78.6 Å². The molecule has 0 aliphatic heterocycles. The minimum absolute atomic E-state index is 0.0283. The third-order valence-electron chi connectivity index (χ3n) is 12.0. The Bertz CT molecular complexity index is 1730. The number of hydrogen-bond acceptors (Lipinski definition) is 20. The molecule has 26 heteroatoms. The number of nitrogens with one attached hydrogen (secondary N) is 1. The Morgan fingerprint density at radius 3 is 1.54 bits per heavy atom.